The van der Waals surface area contributed by atoms with Crippen LogP contribution in [-0.2, 0) is 6.42 Å². The Morgan fingerprint density at radius 2 is 1.90 bits per heavy atom. The van der Waals surface area contributed by atoms with Crippen LogP contribution in [0.5, 0.6) is 0 Å². The third-order valence-electron chi connectivity index (χ3n) is 2.86. The van der Waals surface area contributed by atoms with Gasteiger partial charge in [-0.05, 0) is 36.2 Å². The lowest BCUT2D eigenvalue weighted by Gasteiger charge is -2.03. The number of hydrogen-bond donors (Lipinski definition) is 1. The van der Waals surface area contributed by atoms with E-state index >= 15 is 0 Å². The van der Waals surface area contributed by atoms with E-state index in [1.807, 2.05) is 18.2 Å². The fourth-order valence-electron chi connectivity index (χ4n) is 1.98. The first-order valence-electron chi connectivity index (χ1n) is 6.21. The zero-order chi connectivity index (χ0) is 13.9. The lowest BCUT2D eigenvalue weighted by Crippen LogP contribution is -2.06. The Morgan fingerprint density at radius 1 is 1.10 bits per heavy atom. The maximum absolute atomic E-state index is 13.0. The largest absolute Gasteiger partial charge is 0.353 e. The van der Waals surface area contributed by atoms with Crippen molar-refractivity contribution in [2.75, 3.05) is 11.9 Å². The van der Waals surface area contributed by atoms with Gasteiger partial charge in [-0.25, -0.2) is 13.3 Å². The van der Waals surface area contributed by atoms with Crippen LogP contribution in [0.15, 0.2) is 42.6 Å². The summed E-state index contributed by atoms with van der Waals surface area (Å²) in [5.41, 5.74) is 1.34. The number of nitrogens with one attached hydrogen (secondary N) is 1. The van der Waals surface area contributed by atoms with Crippen LogP contribution in [0.25, 0.3) is 5.65 Å². The maximum atomic E-state index is 13.0. The summed E-state index contributed by atoms with van der Waals surface area (Å²) in [5.74, 6) is -0.634. The highest BCUT2D eigenvalue weighted by Crippen LogP contribution is 2.09. The van der Waals surface area contributed by atoms with Gasteiger partial charge in [0.15, 0.2) is 5.65 Å². The number of benzene rings is 1. The number of rotatable bonds is 4. The molecule has 2 heterocycles. The first-order valence-corrected chi connectivity index (χ1v) is 6.21. The predicted octanol–water partition coefficient (Wildman–Crippen LogP) is 2.66. The molecule has 102 valence electrons. The molecular formula is C14H12F2N4. The van der Waals surface area contributed by atoms with Crippen LogP contribution in [0.4, 0.5) is 14.7 Å². The van der Waals surface area contributed by atoms with Crippen molar-refractivity contribution in [2.45, 2.75) is 6.42 Å². The molecular weight excluding hydrogens is 262 g/mol. The summed E-state index contributed by atoms with van der Waals surface area (Å²) in [6, 6.07) is 9.09. The van der Waals surface area contributed by atoms with Crippen LogP contribution in [0.2, 0.25) is 0 Å². The van der Waals surface area contributed by atoms with Gasteiger partial charge in [0.05, 0.1) is 0 Å². The maximum Gasteiger partial charge on any atom is 0.243 e. The average Bonchev–Trinajstić information content (AvgIpc) is 2.80. The highest BCUT2D eigenvalue weighted by Gasteiger charge is 2.03. The summed E-state index contributed by atoms with van der Waals surface area (Å²) < 4.78 is 27.7. The van der Waals surface area contributed by atoms with E-state index in [1.165, 1.54) is 12.1 Å². The molecule has 0 aliphatic rings. The van der Waals surface area contributed by atoms with Crippen LogP contribution in [-0.4, -0.2) is 21.1 Å². The minimum atomic E-state index is -0.564. The minimum Gasteiger partial charge on any atom is -0.353 e. The summed E-state index contributed by atoms with van der Waals surface area (Å²) in [7, 11) is 0. The van der Waals surface area contributed by atoms with Gasteiger partial charge >= 0.3 is 0 Å². The molecule has 3 rings (SSSR count). The lowest BCUT2D eigenvalue weighted by atomic mass is 10.1. The standard InChI is InChI=1S/C14H12F2N4/c15-11-7-10(8-12(16)9-11)4-5-17-14-18-13-3-1-2-6-20(13)19-14/h1-3,6-9H,4-5H2,(H,17,19). The van der Waals surface area contributed by atoms with Crippen molar-refractivity contribution in [3.63, 3.8) is 0 Å². The molecule has 0 spiro atoms. The van der Waals surface area contributed by atoms with Crippen LogP contribution >= 0.6 is 0 Å². The van der Waals surface area contributed by atoms with Gasteiger partial charge in [0.2, 0.25) is 5.95 Å². The second kappa shape index (κ2) is 5.24. The van der Waals surface area contributed by atoms with E-state index in [9.17, 15) is 8.78 Å². The topological polar surface area (TPSA) is 42.2 Å². The van der Waals surface area contributed by atoms with Crippen molar-refractivity contribution in [3.05, 3.63) is 59.8 Å². The first kappa shape index (κ1) is 12.5. The summed E-state index contributed by atoms with van der Waals surface area (Å²) in [6.07, 6.45) is 2.29. The Labute approximate surface area is 114 Å². The number of fused-ring (bicyclic) bond motifs is 1. The Hall–Kier alpha value is -2.50. The summed E-state index contributed by atoms with van der Waals surface area (Å²) >= 11 is 0. The van der Waals surface area contributed by atoms with Crippen LogP contribution in [0.3, 0.4) is 0 Å². The van der Waals surface area contributed by atoms with Crippen LogP contribution < -0.4 is 5.32 Å². The molecule has 0 saturated heterocycles. The van der Waals surface area contributed by atoms with Gasteiger partial charge in [0, 0.05) is 18.8 Å². The number of halogens is 2. The molecule has 0 amide bonds. The molecule has 20 heavy (non-hydrogen) atoms. The molecule has 0 fully saturated rings. The second-order valence-electron chi connectivity index (χ2n) is 4.39. The first-order chi connectivity index (χ1) is 9.70. The second-order valence-corrected chi connectivity index (χ2v) is 4.39. The zero-order valence-corrected chi connectivity index (χ0v) is 10.6. The zero-order valence-electron chi connectivity index (χ0n) is 10.6. The van der Waals surface area contributed by atoms with Crippen LogP contribution in [0.1, 0.15) is 5.56 Å². The van der Waals surface area contributed by atoms with E-state index in [1.54, 1.807) is 10.7 Å². The van der Waals surface area contributed by atoms with Crippen molar-refractivity contribution < 1.29 is 8.78 Å². The fraction of sp³-hybridized carbons (Fsp3) is 0.143. The van der Waals surface area contributed by atoms with E-state index in [4.69, 9.17) is 0 Å². The van der Waals surface area contributed by atoms with E-state index in [2.05, 4.69) is 15.4 Å². The molecule has 0 aliphatic carbocycles. The minimum absolute atomic E-state index is 0.490. The number of nitrogens with zero attached hydrogens (tertiary/aromatic N) is 3. The normalized spacial score (nSPS) is 10.9. The predicted molar refractivity (Wildman–Crippen MR) is 71.5 cm³/mol. The van der Waals surface area contributed by atoms with Crippen LogP contribution in [0, 0.1) is 11.6 Å². The quantitative estimate of drug-likeness (QED) is 0.795. The fourth-order valence-corrected chi connectivity index (χ4v) is 1.98. The monoisotopic (exact) mass is 274 g/mol. The number of anilines is 1. The molecule has 0 unspecified atom stereocenters. The third kappa shape index (κ3) is 2.74. The molecule has 0 radical (unpaired) electrons. The van der Waals surface area contributed by atoms with Gasteiger partial charge in [0.25, 0.3) is 0 Å². The highest BCUT2D eigenvalue weighted by molar-refractivity contribution is 5.42. The molecule has 0 atom stereocenters. The van der Waals surface area contributed by atoms with Crippen molar-refractivity contribution in [1.82, 2.24) is 14.6 Å². The number of pyridine rings is 1. The van der Waals surface area contributed by atoms with Gasteiger partial charge < -0.3 is 5.32 Å². The molecule has 4 nitrogen and oxygen atoms in total. The lowest BCUT2D eigenvalue weighted by molar-refractivity contribution is 0.580. The van der Waals surface area contributed by atoms with Crippen molar-refractivity contribution in [1.29, 1.82) is 0 Å². The summed E-state index contributed by atoms with van der Waals surface area (Å²) in [4.78, 5) is 4.27. The molecule has 0 bridgehead atoms. The van der Waals surface area contributed by atoms with E-state index in [-0.39, 0.29) is 0 Å². The molecule has 6 heteroatoms. The van der Waals surface area contributed by atoms with Gasteiger partial charge in [-0.3, -0.25) is 0 Å². The highest BCUT2D eigenvalue weighted by atomic mass is 19.1. The van der Waals surface area contributed by atoms with E-state index in [0.29, 0.717) is 24.5 Å². The van der Waals surface area contributed by atoms with Crippen molar-refractivity contribution in [2.24, 2.45) is 0 Å². The average molecular weight is 274 g/mol. The summed E-state index contributed by atoms with van der Waals surface area (Å²) in [5, 5.41) is 7.26. The third-order valence-corrected chi connectivity index (χ3v) is 2.86. The molecule has 0 aliphatic heterocycles. The Kier molecular flexibility index (Phi) is 3.28. The molecule has 0 saturated carbocycles. The number of hydrogen-bond acceptors (Lipinski definition) is 3. The Balaban J connectivity index is 1.64. The summed E-state index contributed by atoms with van der Waals surface area (Å²) in [6.45, 7) is 0.500. The molecule has 1 aromatic carbocycles. The Morgan fingerprint density at radius 3 is 2.65 bits per heavy atom. The molecule has 3 aromatic rings. The van der Waals surface area contributed by atoms with Crippen molar-refractivity contribution >= 4 is 11.6 Å². The van der Waals surface area contributed by atoms with Gasteiger partial charge in [0.1, 0.15) is 11.6 Å². The van der Waals surface area contributed by atoms with E-state index < -0.39 is 11.6 Å². The Bertz CT molecular complexity index is 686. The number of aromatic nitrogens is 3. The smallest absolute Gasteiger partial charge is 0.243 e. The van der Waals surface area contributed by atoms with Gasteiger partial charge in [-0.15, -0.1) is 5.10 Å². The molecule has 1 N–H and O–H groups in total. The molecule has 2 aromatic heterocycles. The SMILES string of the molecule is Fc1cc(F)cc(CCNc2nc3ccccn3n2)c1. The van der Waals surface area contributed by atoms with Gasteiger partial charge in [-0.1, -0.05) is 6.07 Å². The van der Waals surface area contributed by atoms with Crippen molar-refractivity contribution in [3.8, 4) is 0 Å². The van der Waals surface area contributed by atoms with E-state index in [0.717, 1.165) is 11.7 Å². The van der Waals surface area contributed by atoms with Gasteiger partial charge in [-0.2, -0.15) is 4.98 Å².